The van der Waals surface area contributed by atoms with Crippen molar-refractivity contribution >= 4 is 23.1 Å². The van der Waals surface area contributed by atoms with Gasteiger partial charge in [-0.05, 0) is 0 Å². The van der Waals surface area contributed by atoms with Crippen LogP contribution in [0.5, 0.6) is 0 Å². The molecule has 0 aliphatic carbocycles. The Bertz CT molecular complexity index is 11.6. The van der Waals surface area contributed by atoms with Gasteiger partial charge in [-0.2, -0.15) is 0 Å². The molecule has 0 saturated heterocycles. The van der Waals surface area contributed by atoms with E-state index in [2.05, 4.69) is 0 Å². The molecule has 0 atom stereocenters. The monoisotopic (exact) mass is 256 g/mol. The molecule has 0 aromatic carbocycles. The van der Waals surface area contributed by atoms with Crippen molar-refractivity contribution in [1.29, 1.82) is 0 Å². The summed E-state index contributed by atoms with van der Waals surface area (Å²) >= 11 is 0. The van der Waals surface area contributed by atoms with Gasteiger partial charge in [0.25, 0.3) is 0 Å². The Morgan fingerprint density at radius 1 is 1.00 bits per heavy atom. The molecule has 0 nitrogen and oxygen atoms in total. The fourth-order valence-corrected chi connectivity index (χ4v) is 0. The van der Waals surface area contributed by atoms with Gasteiger partial charge < -0.3 is 0 Å². The van der Waals surface area contributed by atoms with E-state index < -0.39 is 0 Å². The smallest absolute Gasteiger partial charge is 0 e. The Morgan fingerprint density at radius 2 is 1.00 bits per heavy atom. The van der Waals surface area contributed by atoms with Gasteiger partial charge in [-0.15, -0.1) is 0 Å². The van der Waals surface area contributed by atoms with E-state index in [0.29, 0.717) is 0 Å². The van der Waals surface area contributed by atoms with Crippen LogP contribution in [0.2, 0.25) is 0 Å². The second-order valence-electron chi connectivity index (χ2n) is 0. The Morgan fingerprint density at radius 3 is 1.00 bits per heavy atom. The average Bonchev–Trinajstić information content (AvgIpc) is 0. The van der Waals surface area contributed by atoms with E-state index in [-0.39, 0.29) is 90.8 Å². The number of hydrogen-bond donors (Lipinski definition) is 0. The minimum Gasteiger partial charge on any atom is 0 e. The van der Waals surface area contributed by atoms with Gasteiger partial charge in [0, 0.05) is 90.8 Å². The van der Waals surface area contributed by atoms with Crippen LogP contribution in [0.15, 0.2) is 0 Å². The van der Waals surface area contributed by atoms with Crippen molar-refractivity contribution < 1.29 is 67.7 Å². The average molecular weight is 257 g/mol. The van der Waals surface area contributed by atoms with Crippen LogP contribution in [0.4, 0.5) is 0 Å². The standard InChI is InChI=1S/Cu.Fe.Mg.Mn.Ni. The maximum absolute atomic E-state index is 0. The van der Waals surface area contributed by atoms with Crippen LogP contribution in [-0.4, -0.2) is 23.1 Å². The molecule has 0 unspecified atom stereocenters. The van der Waals surface area contributed by atoms with Crippen molar-refractivity contribution in [3.63, 3.8) is 0 Å². The Labute approximate surface area is 89.5 Å². The second kappa shape index (κ2) is 29.1. The summed E-state index contributed by atoms with van der Waals surface area (Å²) in [7, 11) is 0. The van der Waals surface area contributed by atoms with Crippen LogP contribution in [0.1, 0.15) is 0 Å². The third-order valence-corrected chi connectivity index (χ3v) is 0. The zero-order chi connectivity index (χ0) is 0. The van der Waals surface area contributed by atoms with E-state index in [1.54, 1.807) is 0 Å². The molecule has 0 saturated carbocycles. The molecule has 5 heavy (non-hydrogen) atoms. The van der Waals surface area contributed by atoms with Gasteiger partial charge in [0.15, 0.2) is 0 Å². The fraction of sp³-hybridized carbons (Fsp3) is 0. The molecule has 0 aliphatic rings. The van der Waals surface area contributed by atoms with Gasteiger partial charge >= 0.3 is 0 Å². The first kappa shape index (κ1) is 45.8. The van der Waals surface area contributed by atoms with E-state index in [4.69, 9.17) is 0 Å². The van der Waals surface area contributed by atoms with E-state index in [1.807, 2.05) is 0 Å². The van der Waals surface area contributed by atoms with Crippen LogP contribution in [-0.2, 0) is 67.7 Å². The third-order valence-electron chi connectivity index (χ3n) is 0. The Balaban J connectivity index is 0. The van der Waals surface area contributed by atoms with Crippen LogP contribution < -0.4 is 0 Å². The minimum atomic E-state index is 0. The van der Waals surface area contributed by atoms with Crippen LogP contribution >= 0.6 is 0 Å². The number of hydrogen-bond acceptors (Lipinski definition) is 0. The molecule has 0 rings (SSSR count). The quantitative estimate of drug-likeness (QED) is 0.519. The molecule has 0 aromatic heterocycles. The van der Waals surface area contributed by atoms with E-state index >= 15 is 0 Å². The summed E-state index contributed by atoms with van der Waals surface area (Å²) in [6, 6.07) is 0. The van der Waals surface area contributed by atoms with Crippen molar-refractivity contribution in [1.82, 2.24) is 0 Å². The van der Waals surface area contributed by atoms with Crippen molar-refractivity contribution in [2.24, 2.45) is 0 Å². The first-order valence-corrected chi connectivity index (χ1v) is 0. The molecule has 4 radical (unpaired) electrons. The largest absolute Gasteiger partial charge is 0 e. The van der Waals surface area contributed by atoms with Crippen molar-refractivity contribution in [2.45, 2.75) is 0 Å². The van der Waals surface area contributed by atoms with Crippen molar-refractivity contribution in [3.8, 4) is 0 Å². The molecule has 0 spiro atoms. The normalized spacial score (nSPS) is 0. The second-order valence-corrected chi connectivity index (χ2v) is 0. The van der Waals surface area contributed by atoms with Gasteiger partial charge in [-0.25, -0.2) is 0 Å². The fourth-order valence-electron chi connectivity index (χ4n) is 0. The van der Waals surface area contributed by atoms with Crippen LogP contribution in [0.25, 0.3) is 0 Å². The molecule has 0 aliphatic heterocycles. The molecule has 0 fully saturated rings. The zero-order valence-corrected chi connectivity index (χ0v) is 7.68. The van der Waals surface area contributed by atoms with Crippen LogP contribution in [0, 0.1) is 0 Å². The molecular formula is CuFeMgMnNi. The molecule has 0 amide bonds. The summed E-state index contributed by atoms with van der Waals surface area (Å²) in [5, 5.41) is 0. The number of rotatable bonds is 0. The SMILES string of the molecule is [Cu].[Fe].[Mg].[Mn].[Ni]. The minimum absolute atomic E-state index is 0. The van der Waals surface area contributed by atoms with E-state index in [0.717, 1.165) is 0 Å². The zero-order valence-electron chi connectivity index (χ0n) is 2.06. The molecule has 38 valence electrons. The Kier molecular flexibility index (Phi) is 266. The Hall–Kier alpha value is 2.82. The summed E-state index contributed by atoms with van der Waals surface area (Å²) in [4.78, 5) is 0. The summed E-state index contributed by atoms with van der Waals surface area (Å²) in [6.07, 6.45) is 0. The molecule has 0 bridgehead atoms. The van der Waals surface area contributed by atoms with Gasteiger partial charge in [-0.3, -0.25) is 0 Å². The van der Waals surface area contributed by atoms with Gasteiger partial charge in [-0.1, -0.05) is 0 Å². The first-order chi connectivity index (χ1) is 0. The van der Waals surface area contributed by atoms with Gasteiger partial charge in [0.1, 0.15) is 0 Å². The summed E-state index contributed by atoms with van der Waals surface area (Å²) in [5.41, 5.74) is 0. The van der Waals surface area contributed by atoms with Crippen molar-refractivity contribution in [3.05, 3.63) is 0 Å². The van der Waals surface area contributed by atoms with Gasteiger partial charge in [0.05, 0.1) is 0 Å². The van der Waals surface area contributed by atoms with E-state index in [1.165, 1.54) is 0 Å². The summed E-state index contributed by atoms with van der Waals surface area (Å²) in [6.45, 7) is 0. The summed E-state index contributed by atoms with van der Waals surface area (Å²) < 4.78 is 0. The summed E-state index contributed by atoms with van der Waals surface area (Å²) in [5.74, 6) is 0. The molecule has 0 aromatic rings. The topological polar surface area (TPSA) is 0 Å². The van der Waals surface area contributed by atoms with Gasteiger partial charge in [0.2, 0.25) is 0 Å². The predicted octanol–water partition coefficient (Wildman–Crippen LogP) is -0.391. The molecule has 0 N–H and O–H groups in total. The third kappa shape index (κ3) is 19.9. The van der Waals surface area contributed by atoms with Crippen LogP contribution in [0.3, 0.4) is 0 Å². The molecule has 0 heterocycles. The maximum Gasteiger partial charge on any atom is 0 e. The predicted molar refractivity (Wildman–Crippen MR) is 5.75 cm³/mol. The molecule has 5 heteroatoms. The first-order valence-electron chi connectivity index (χ1n) is 0. The van der Waals surface area contributed by atoms with Crippen molar-refractivity contribution in [2.75, 3.05) is 0 Å². The van der Waals surface area contributed by atoms with E-state index in [9.17, 15) is 0 Å². The molecular weight excluding hydrogens is 257 g/mol. The maximum atomic E-state index is 0.